The first-order valence-corrected chi connectivity index (χ1v) is 6.28. The molecule has 1 fully saturated rings. The lowest BCUT2D eigenvalue weighted by molar-refractivity contribution is 0.161. The molecule has 1 saturated heterocycles. The van der Waals surface area contributed by atoms with Crippen LogP contribution in [0, 0.1) is 11.7 Å². The van der Waals surface area contributed by atoms with Gasteiger partial charge in [0.1, 0.15) is 0 Å². The van der Waals surface area contributed by atoms with E-state index in [2.05, 4.69) is 10.3 Å². The molecule has 1 aliphatic rings. The topological polar surface area (TPSA) is 37.4 Å². The summed E-state index contributed by atoms with van der Waals surface area (Å²) in [6.07, 6.45) is 2.71. The maximum Gasteiger partial charge on any atom is 0.170 e. The molecule has 1 aromatic heterocycles. The number of pyridine rings is 1. The van der Waals surface area contributed by atoms with Gasteiger partial charge in [-0.15, -0.1) is 0 Å². The Hall–Kier alpha value is -1.20. The molecular weight excluding hydrogens is 233 g/mol. The van der Waals surface area contributed by atoms with Gasteiger partial charge in [0.25, 0.3) is 0 Å². The number of anilines is 1. The standard InChI is InChI=1S/C13H20FN3O/c1-15-7-11-3-5-16-13(12(11)14)17-6-4-10(8-17)9-18-2/h3,5,10,15H,4,6-9H2,1-2H3. The molecule has 5 heteroatoms. The first-order chi connectivity index (χ1) is 8.76. The van der Waals surface area contributed by atoms with E-state index in [1.165, 1.54) is 0 Å². The van der Waals surface area contributed by atoms with Crippen molar-refractivity contribution >= 4 is 5.82 Å². The first-order valence-electron chi connectivity index (χ1n) is 6.28. The molecule has 0 aliphatic carbocycles. The van der Waals surface area contributed by atoms with E-state index in [1.807, 2.05) is 11.9 Å². The number of nitrogens with one attached hydrogen (secondary N) is 1. The third-order valence-electron chi connectivity index (χ3n) is 3.31. The molecule has 1 unspecified atom stereocenters. The van der Waals surface area contributed by atoms with Crippen LogP contribution < -0.4 is 10.2 Å². The van der Waals surface area contributed by atoms with E-state index >= 15 is 0 Å². The van der Waals surface area contributed by atoms with Gasteiger partial charge in [-0.1, -0.05) is 0 Å². The Balaban J connectivity index is 2.12. The quantitative estimate of drug-likeness (QED) is 0.861. The van der Waals surface area contributed by atoms with Gasteiger partial charge in [-0.25, -0.2) is 9.37 Å². The van der Waals surface area contributed by atoms with Crippen molar-refractivity contribution in [3.05, 3.63) is 23.6 Å². The van der Waals surface area contributed by atoms with Crippen molar-refractivity contribution in [3.8, 4) is 0 Å². The number of halogens is 1. The predicted octanol–water partition coefficient (Wildman–Crippen LogP) is 1.41. The van der Waals surface area contributed by atoms with Gasteiger partial charge in [-0.05, 0) is 19.5 Å². The van der Waals surface area contributed by atoms with Crippen LogP contribution in [0.2, 0.25) is 0 Å². The van der Waals surface area contributed by atoms with E-state index < -0.39 is 0 Å². The summed E-state index contributed by atoms with van der Waals surface area (Å²) >= 11 is 0. The number of methoxy groups -OCH3 is 1. The lowest BCUT2D eigenvalue weighted by Crippen LogP contribution is -2.24. The smallest absolute Gasteiger partial charge is 0.170 e. The zero-order valence-corrected chi connectivity index (χ0v) is 10.9. The van der Waals surface area contributed by atoms with Crippen LogP contribution in [-0.4, -0.2) is 38.8 Å². The van der Waals surface area contributed by atoms with Gasteiger partial charge >= 0.3 is 0 Å². The van der Waals surface area contributed by atoms with Crippen LogP contribution in [0.15, 0.2) is 12.3 Å². The van der Waals surface area contributed by atoms with Crippen LogP contribution in [0.4, 0.5) is 10.2 Å². The second-order valence-electron chi connectivity index (χ2n) is 4.69. The fraction of sp³-hybridized carbons (Fsp3) is 0.615. The summed E-state index contributed by atoms with van der Waals surface area (Å²) in [5.41, 5.74) is 0.665. The molecular formula is C13H20FN3O. The average Bonchev–Trinajstić information content (AvgIpc) is 2.81. The normalized spacial score (nSPS) is 19.5. The van der Waals surface area contributed by atoms with Crippen molar-refractivity contribution < 1.29 is 9.13 Å². The lowest BCUT2D eigenvalue weighted by Gasteiger charge is -2.19. The van der Waals surface area contributed by atoms with Crippen LogP contribution >= 0.6 is 0 Å². The number of ether oxygens (including phenoxy) is 1. The fourth-order valence-corrected chi connectivity index (χ4v) is 2.42. The molecule has 0 saturated carbocycles. The minimum atomic E-state index is -0.204. The minimum Gasteiger partial charge on any atom is -0.384 e. The van der Waals surface area contributed by atoms with Crippen molar-refractivity contribution in [3.63, 3.8) is 0 Å². The van der Waals surface area contributed by atoms with Gasteiger partial charge in [-0.2, -0.15) is 0 Å². The predicted molar refractivity (Wildman–Crippen MR) is 69.2 cm³/mol. The highest BCUT2D eigenvalue weighted by molar-refractivity contribution is 5.44. The first kappa shape index (κ1) is 13.2. The Labute approximate surface area is 107 Å². The van der Waals surface area contributed by atoms with E-state index in [0.29, 0.717) is 23.8 Å². The fourth-order valence-electron chi connectivity index (χ4n) is 2.42. The van der Waals surface area contributed by atoms with Crippen LogP contribution in [0.1, 0.15) is 12.0 Å². The Morgan fingerprint density at radius 2 is 2.44 bits per heavy atom. The molecule has 0 amide bonds. The molecule has 2 rings (SSSR count). The second kappa shape index (κ2) is 6.11. The third kappa shape index (κ3) is 2.79. The highest BCUT2D eigenvalue weighted by Crippen LogP contribution is 2.26. The number of aromatic nitrogens is 1. The van der Waals surface area contributed by atoms with Crippen LogP contribution in [0.5, 0.6) is 0 Å². The van der Waals surface area contributed by atoms with Crippen LogP contribution in [0.25, 0.3) is 0 Å². The molecule has 0 aromatic carbocycles. The minimum absolute atomic E-state index is 0.204. The highest BCUT2D eigenvalue weighted by atomic mass is 19.1. The van der Waals surface area contributed by atoms with Crippen LogP contribution in [0.3, 0.4) is 0 Å². The van der Waals surface area contributed by atoms with E-state index in [1.54, 1.807) is 19.4 Å². The number of hydrogen-bond donors (Lipinski definition) is 1. The Morgan fingerprint density at radius 1 is 1.61 bits per heavy atom. The lowest BCUT2D eigenvalue weighted by atomic mass is 10.1. The maximum atomic E-state index is 14.2. The maximum absolute atomic E-state index is 14.2. The van der Waals surface area contributed by atoms with Gasteiger partial charge in [0.15, 0.2) is 11.6 Å². The van der Waals surface area contributed by atoms with E-state index in [4.69, 9.17) is 4.74 Å². The zero-order chi connectivity index (χ0) is 13.0. The molecule has 4 nitrogen and oxygen atoms in total. The van der Waals surface area contributed by atoms with Gasteiger partial charge in [0.2, 0.25) is 0 Å². The molecule has 0 bridgehead atoms. The molecule has 100 valence electrons. The summed E-state index contributed by atoms with van der Waals surface area (Å²) in [7, 11) is 3.51. The van der Waals surface area contributed by atoms with Crippen molar-refractivity contribution in [1.29, 1.82) is 0 Å². The van der Waals surface area contributed by atoms with Crippen molar-refractivity contribution in [1.82, 2.24) is 10.3 Å². The Morgan fingerprint density at radius 3 is 3.17 bits per heavy atom. The summed E-state index contributed by atoms with van der Waals surface area (Å²) in [5.74, 6) is 0.746. The Bertz CT molecular complexity index is 400. The summed E-state index contributed by atoms with van der Waals surface area (Å²) in [4.78, 5) is 6.19. The SMILES string of the molecule is CNCc1ccnc(N2CCC(COC)C2)c1F. The summed E-state index contributed by atoms with van der Waals surface area (Å²) in [6.45, 7) is 2.92. The van der Waals surface area contributed by atoms with Gasteiger partial charge < -0.3 is 15.0 Å². The van der Waals surface area contributed by atoms with E-state index in [9.17, 15) is 4.39 Å². The largest absolute Gasteiger partial charge is 0.384 e. The van der Waals surface area contributed by atoms with Gasteiger partial charge in [0, 0.05) is 44.4 Å². The molecule has 0 radical (unpaired) electrons. The third-order valence-corrected chi connectivity index (χ3v) is 3.31. The van der Waals surface area contributed by atoms with E-state index in [-0.39, 0.29) is 5.82 Å². The van der Waals surface area contributed by atoms with Crippen molar-refractivity contribution in [2.75, 3.05) is 38.8 Å². The summed E-state index contributed by atoms with van der Waals surface area (Å²) in [6, 6.07) is 1.72. The molecule has 1 atom stereocenters. The molecule has 2 heterocycles. The summed E-state index contributed by atoms with van der Waals surface area (Å²) in [5, 5.41) is 2.97. The molecule has 0 spiro atoms. The van der Waals surface area contributed by atoms with Crippen molar-refractivity contribution in [2.24, 2.45) is 5.92 Å². The second-order valence-corrected chi connectivity index (χ2v) is 4.69. The summed E-state index contributed by atoms with van der Waals surface area (Å²) < 4.78 is 19.4. The molecule has 18 heavy (non-hydrogen) atoms. The van der Waals surface area contributed by atoms with Gasteiger partial charge in [-0.3, -0.25) is 0 Å². The highest BCUT2D eigenvalue weighted by Gasteiger charge is 2.26. The zero-order valence-electron chi connectivity index (χ0n) is 10.9. The molecule has 1 aromatic rings. The monoisotopic (exact) mass is 253 g/mol. The average molecular weight is 253 g/mol. The Kier molecular flexibility index (Phi) is 4.49. The van der Waals surface area contributed by atoms with E-state index in [0.717, 1.165) is 26.1 Å². The number of hydrogen-bond acceptors (Lipinski definition) is 4. The van der Waals surface area contributed by atoms with Gasteiger partial charge in [0.05, 0.1) is 6.61 Å². The molecule has 1 aliphatic heterocycles. The van der Waals surface area contributed by atoms with Crippen molar-refractivity contribution in [2.45, 2.75) is 13.0 Å². The molecule has 1 N–H and O–H groups in total. The van der Waals surface area contributed by atoms with Crippen LogP contribution in [-0.2, 0) is 11.3 Å². The number of rotatable bonds is 5. The number of nitrogens with zero attached hydrogens (tertiary/aromatic N) is 2.